The fourth-order valence-electron chi connectivity index (χ4n) is 4.03. The van der Waals surface area contributed by atoms with Gasteiger partial charge in [0.25, 0.3) is 0 Å². The van der Waals surface area contributed by atoms with Gasteiger partial charge in [0.05, 0.1) is 18.3 Å². The lowest BCUT2D eigenvalue weighted by Crippen LogP contribution is -2.55. The minimum absolute atomic E-state index is 0.0837. The van der Waals surface area contributed by atoms with Crippen LogP contribution < -0.4 is 10.6 Å². The van der Waals surface area contributed by atoms with Crippen molar-refractivity contribution in [3.63, 3.8) is 0 Å². The number of rotatable bonds is 8. The summed E-state index contributed by atoms with van der Waals surface area (Å²) in [5.41, 5.74) is 1.72. The molecule has 0 aliphatic heterocycles. The van der Waals surface area contributed by atoms with Crippen molar-refractivity contribution < 1.29 is 14.7 Å². The summed E-state index contributed by atoms with van der Waals surface area (Å²) in [6.45, 7) is 5.09. The van der Waals surface area contributed by atoms with E-state index >= 15 is 0 Å². The van der Waals surface area contributed by atoms with E-state index < -0.39 is 5.97 Å². The Bertz CT molecular complexity index is 899. The molecule has 0 saturated heterocycles. The van der Waals surface area contributed by atoms with Gasteiger partial charge in [-0.05, 0) is 63.6 Å². The lowest BCUT2D eigenvalue weighted by molar-refractivity contribution is -0.139. The largest absolute Gasteiger partial charge is 0.480 e. The van der Waals surface area contributed by atoms with E-state index in [9.17, 15) is 9.59 Å². The molecular formula is C21H29N5O3. The van der Waals surface area contributed by atoms with E-state index in [1.807, 2.05) is 29.1 Å². The molecule has 0 spiro atoms. The van der Waals surface area contributed by atoms with Crippen LogP contribution in [0.1, 0.15) is 45.6 Å². The Morgan fingerprint density at radius 2 is 2.07 bits per heavy atom. The van der Waals surface area contributed by atoms with Gasteiger partial charge >= 0.3 is 12.0 Å². The van der Waals surface area contributed by atoms with Gasteiger partial charge in [0.2, 0.25) is 0 Å². The number of aromatic nitrogens is 2. The van der Waals surface area contributed by atoms with Gasteiger partial charge in [0.15, 0.2) is 0 Å². The Kier molecular flexibility index (Phi) is 5.45. The quantitative estimate of drug-likeness (QED) is 0.634. The summed E-state index contributed by atoms with van der Waals surface area (Å²) in [6, 6.07) is 6.12. The second kappa shape index (κ2) is 8.02. The number of amides is 2. The lowest BCUT2D eigenvalue weighted by Gasteiger charge is -2.42. The number of urea groups is 1. The van der Waals surface area contributed by atoms with Crippen LogP contribution in [0.25, 0.3) is 10.9 Å². The molecule has 0 bridgehead atoms. The molecule has 0 atom stereocenters. The van der Waals surface area contributed by atoms with Crippen molar-refractivity contribution in [3.8, 4) is 0 Å². The van der Waals surface area contributed by atoms with E-state index in [2.05, 4.69) is 34.5 Å². The van der Waals surface area contributed by atoms with Crippen LogP contribution in [-0.4, -0.2) is 57.0 Å². The molecule has 29 heavy (non-hydrogen) atoms. The number of carbonyl (C=O) groups is 2. The number of nitrogens with one attached hydrogen (secondary N) is 2. The maximum Gasteiger partial charge on any atom is 0.319 e. The number of nitrogens with zero attached hydrogens (tertiary/aromatic N) is 3. The first kappa shape index (κ1) is 19.7. The molecule has 8 nitrogen and oxygen atoms in total. The topological polar surface area (TPSA) is 99.5 Å². The normalized spacial score (nSPS) is 21.4. The number of fused-ring (bicyclic) bond motifs is 1. The summed E-state index contributed by atoms with van der Waals surface area (Å²) >= 11 is 0. The average Bonchev–Trinajstić information content (AvgIpc) is 3.32. The standard InChI is InChI=1S/C21H29N5O3/c1-13(2)26-19-9-16(6-5-15(19)10-22-26)23-21(29)24-17-7-18(8-17)25(12-20(27)28)11-14-3-4-14/h5-6,9-10,13-14,17-18H,3-4,7-8,11-12H2,1-2H3,(H,27,28)(H2,23,24,29). The molecule has 156 valence electrons. The Balaban J connectivity index is 1.30. The van der Waals surface area contributed by atoms with Crippen molar-refractivity contribution in [2.75, 3.05) is 18.4 Å². The molecule has 2 fully saturated rings. The van der Waals surface area contributed by atoms with Crippen LogP contribution in [0.2, 0.25) is 0 Å². The fraction of sp³-hybridized carbons (Fsp3) is 0.571. The predicted molar refractivity (Wildman–Crippen MR) is 111 cm³/mol. The zero-order valence-electron chi connectivity index (χ0n) is 17.0. The summed E-state index contributed by atoms with van der Waals surface area (Å²) in [5, 5.41) is 20.5. The molecule has 3 N–H and O–H groups in total. The maximum absolute atomic E-state index is 12.4. The Labute approximate surface area is 170 Å². The van der Waals surface area contributed by atoms with E-state index in [1.165, 1.54) is 12.8 Å². The molecule has 2 saturated carbocycles. The highest BCUT2D eigenvalue weighted by molar-refractivity contribution is 5.92. The van der Waals surface area contributed by atoms with Gasteiger partial charge in [0.1, 0.15) is 0 Å². The molecule has 8 heteroatoms. The van der Waals surface area contributed by atoms with Gasteiger partial charge in [-0.25, -0.2) is 4.79 Å². The van der Waals surface area contributed by atoms with Crippen LogP contribution in [0.4, 0.5) is 10.5 Å². The number of anilines is 1. The first-order chi connectivity index (χ1) is 13.9. The third-order valence-electron chi connectivity index (χ3n) is 5.84. The highest BCUT2D eigenvalue weighted by Crippen LogP contribution is 2.33. The average molecular weight is 399 g/mol. The molecule has 0 unspecified atom stereocenters. The van der Waals surface area contributed by atoms with E-state index in [-0.39, 0.29) is 30.7 Å². The Morgan fingerprint density at radius 1 is 1.31 bits per heavy atom. The predicted octanol–water partition coefficient (Wildman–Crippen LogP) is 3.07. The van der Waals surface area contributed by atoms with E-state index in [1.54, 1.807) is 0 Å². The molecule has 2 amide bonds. The van der Waals surface area contributed by atoms with Crippen molar-refractivity contribution in [3.05, 3.63) is 24.4 Å². The summed E-state index contributed by atoms with van der Waals surface area (Å²) in [6.07, 6.45) is 5.83. The maximum atomic E-state index is 12.4. The van der Waals surface area contributed by atoms with Gasteiger partial charge in [-0.1, -0.05) is 0 Å². The molecular weight excluding hydrogens is 370 g/mol. The molecule has 4 rings (SSSR count). The van der Waals surface area contributed by atoms with Crippen LogP contribution in [0.3, 0.4) is 0 Å². The van der Waals surface area contributed by atoms with Crippen molar-refractivity contribution >= 4 is 28.6 Å². The van der Waals surface area contributed by atoms with Crippen molar-refractivity contribution in [2.45, 2.75) is 57.7 Å². The van der Waals surface area contributed by atoms with E-state index in [4.69, 9.17) is 5.11 Å². The minimum Gasteiger partial charge on any atom is -0.480 e. The lowest BCUT2D eigenvalue weighted by atomic mass is 9.85. The highest BCUT2D eigenvalue weighted by Gasteiger charge is 2.37. The van der Waals surface area contributed by atoms with E-state index in [0.29, 0.717) is 5.92 Å². The van der Waals surface area contributed by atoms with Crippen molar-refractivity contribution in [1.82, 2.24) is 20.0 Å². The number of hydrogen-bond acceptors (Lipinski definition) is 4. The van der Waals surface area contributed by atoms with Crippen LogP contribution in [-0.2, 0) is 4.79 Å². The van der Waals surface area contributed by atoms with Crippen molar-refractivity contribution in [1.29, 1.82) is 0 Å². The number of benzene rings is 1. The van der Waals surface area contributed by atoms with Gasteiger partial charge < -0.3 is 15.7 Å². The molecule has 1 aromatic heterocycles. The van der Waals surface area contributed by atoms with Gasteiger partial charge in [-0.3, -0.25) is 14.4 Å². The SMILES string of the molecule is CC(C)n1ncc2ccc(NC(=O)NC3CC(N(CC(=O)O)CC4CC4)C3)cc21. The molecule has 2 aromatic rings. The van der Waals surface area contributed by atoms with E-state index in [0.717, 1.165) is 36.0 Å². The number of carboxylic acid groups (broad SMARTS) is 1. The fourth-order valence-corrected chi connectivity index (χ4v) is 4.03. The number of aliphatic carboxylic acids is 1. The second-order valence-electron chi connectivity index (χ2n) is 8.64. The summed E-state index contributed by atoms with van der Waals surface area (Å²) in [7, 11) is 0. The molecule has 1 heterocycles. The number of hydrogen-bond donors (Lipinski definition) is 3. The monoisotopic (exact) mass is 399 g/mol. The third-order valence-corrected chi connectivity index (χ3v) is 5.84. The Morgan fingerprint density at radius 3 is 2.72 bits per heavy atom. The van der Waals surface area contributed by atoms with Crippen LogP contribution in [0.15, 0.2) is 24.4 Å². The number of carbonyl (C=O) groups excluding carboxylic acids is 1. The smallest absolute Gasteiger partial charge is 0.319 e. The van der Waals surface area contributed by atoms with Crippen molar-refractivity contribution in [2.24, 2.45) is 5.92 Å². The number of carboxylic acids is 1. The van der Waals surface area contributed by atoms with Crippen LogP contribution in [0.5, 0.6) is 0 Å². The van der Waals surface area contributed by atoms with Gasteiger partial charge in [-0.15, -0.1) is 0 Å². The summed E-state index contributed by atoms with van der Waals surface area (Å²) in [5.74, 6) is -0.130. The first-order valence-corrected chi connectivity index (χ1v) is 10.4. The zero-order valence-corrected chi connectivity index (χ0v) is 17.0. The minimum atomic E-state index is -0.782. The van der Waals surface area contributed by atoms with Gasteiger partial charge in [-0.2, -0.15) is 5.10 Å². The second-order valence-corrected chi connectivity index (χ2v) is 8.64. The first-order valence-electron chi connectivity index (χ1n) is 10.4. The summed E-state index contributed by atoms with van der Waals surface area (Å²) < 4.78 is 1.94. The van der Waals surface area contributed by atoms with Gasteiger partial charge in [0, 0.05) is 35.7 Å². The van der Waals surface area contributed by atoms with Crippen LogP contribution in [0, 0.1) is 5.92 Å². The molecule has 2 aliphatic carbocycles. The molecule has 2 aliphatic rings. The highest BCUT2D eigenvalue weighted by atomic mass is 16.4. The molecule has 1 aromatic carbocycles. The Hall–Kier alpha value is -2.61. The molecule has 0 radical (unpaired) electrons. The summed E-state index contributed by atoms with van der Waals surface area (Å²) in [4.78, 5) is 25.6. The van der Waals surface area contributed by atoms with Crippen LogP contribution >= 0.6 is 0 Å². The third kappa shape index (κ3) is 4.70. The zero-order chi connectivity index (χ0) is 20.5.